The molecule has 4 nitrogen and oxygen atoms in total. The van der Waals surface area contributed by atoms with Crippen LogP contribution in [0, 0.1) is 6.92 Å². The number of carbonyl (C=O) groups is 1. The molecule has 1 fully saturated rings. The standard InChI is InChI=1S/C13H17ClN2O2/c1-8-6-9(2-3-11(8)14)10-7-16(13(17)18)5-4-12(10)15/h2-3,6,10,12H,4-5,7,15H2,1H3,(H,17,18)/t10-,12+/m0/s1. The van der Waals surface area contributed by atoms with Crippen molar-refractivity contribution in [3.63, 3.8) is 0 Å². The predicted molar refractivity (Wildman–Crippen MR) is 71.1 cm³/mol. The van der Waals surface area contributed by atoms with Crippen LogP contribution in [0.3, 0.4) is 0 Å². The Kier molecular flexibility index (Phi) is 3.78. The number of rotatable bonds is 1. The minimum atomic E-state index is -0.877. The molecule has 1 saturated heterocycles. The highest BCUT2D eigenvalue weighted by Gasteiger charge is 2.30. The number of likely N-dealkylation sites (tertiary alicyclic amines) is 1. The molecular formula is C13H17ClN2O2. The molecule has 2 rings (SSSR count). The lowest BCUT2D eigenvalue weighted by Crippen LogP contribution is -2.47. The van der Waals surface area contributed by atoms with E-state index < -0.39 is 6.09 Å². The third-order valence-electron chi connectivity index (χ3n) is 3.55. The molecule has 1 heterocycles. The molecule has 1 aromatic carbocycles. The number of halogens is 1. The lowest BCUT2D eigenvalue weighted by atomic mass is 9.86. The van der Waals surface area contributed by atoms with Crippen molar-refractivity contribution in [2.24, 2.45) is 5.73 Å². The Morgan fingerprint density at radius 1 is 1.56 bits per heavy atom. The van der Waals surface area contributed by atoms with Crippen molar-refractivity contribution >= 4 is 17.7 Å². The average molecular weight is 269 g/mol. The molecule has 18 heavy (non-hydrogen) atoms. The van der Waals surface area contributed by atoms with Gasteiger partial charge in [0.25, 0.3) is 0 Å². The minimum absolute atomic E-state index is 0.00109. The zero-order valence-electron chi connectivity index (χ0n) is 10.3. The van der Waals surface area contributed by atoms with Gasteiger partial charge in [0.05, 0.1) is 0 Å². The molecule has 0 unspecified atom stereocenters. The molecule has 0 saturated carbocycles. The van der Waals surface area contributed by atoms with Gasteiger partial charge in [0.2, 0.25) is 0 Å². The van der Waals surface area contributed by atoms with Gasteiger partial charge in [-0.3, -0.25) is 0 Å². The van der Waals surface area contributed by atoms with Crippen LogP contribution in [0.1, 0.15) is 23.5 Å². The maximum absolute atomic E-state index is 11.0. The maximum atomic E-state index is 11.0. The van der Waals surface area contributed by atoms with Crippen LogP contribution in [0.5, 0.6) is 0 Å². The summed E-state index contributed by atoms with van der Waals surface area (Å²) in [7, 11) is 0. The van der Waals surface area contributed by atoms with E-state index in [4.69, 9.17) is 22.4 Å². The molecule has 1 aromatic rings. The Morgan fingerprint density at radius 3 is 2.89 bits per heavy atom. The molecule has 0 spiro atoms. The number of benzene rings is 1. The molecule has 0 aromatic heterocycles. The van der Waals surface area contributed by atoms with Crippen LogP contribution in [-0.2, 0) is 0 Å². The summed E-state index contributed by atoms with van der Waals surface area (Å²) in [6.45, 7) is 2.91. The Morgan fingerprint density at radius 2 is 2.28 bits per heavy atom. The van der Waals surface area contributed by atoms with Crippen molar-refractivity contribution in [1.29, 1.82) is 0 Å². The molecule has 0 radical (unpaired) electrons. The molecule has 0 bridgehead atoms. The van der Waals surface area contributed by atoms with E-state index in [9.17, 15) is 4.79 Å². The van der Waals surface area contributed by atoms with Gasteiger partial charge < -0.3 is 15.7 Å². The molecule has 2 atom stereocenters. The fourth-order valence-corrected chi connectivity index (χ4v) is 2.51. The van der Waals surface area contributed by atoms with Crippen molar-refractivity contribution in [2.45, 2.75) is 25.3 Å². The zero-order chi connectivity index (χ0) is 13.3. The monoisotopic (exact) mass is 268 g/mol. The molecule has 98 valence electrons. The van der Waals surface area contributed by atoms with E-state index in [1.165, 1.54) is 4.90 Å². The van der Waals surface area contributed by atoms with E-state index in [0.717, 1.165) is 16.1 Å². The van der Waals surface area contributed by atoms with Crippen molar-refractivity contribution in [1.82, 2.24) is 4.90 Å². The Labute approximate surface area is 111 Å². The van der Waals surface area contributed by atoms with Gasteiger partial charge >= 0.3 is 6.09 Å². The van der Waals surface area contributed by atoms with E-state index in [1.807, 2.05) is 25.1 Å². The van der Waals surface area contributed by atoms with Crippen LogP contribution in [-0.4, -0.2) is 35.2 Å². The summed E-state index contributed by atoms with van der Waals surface area (Å²) in [4.78, 5) is 12.5. The zero-order valence-corrected chi connectivity index (χ0v) is 11.0. The number of aryl methyl sites for hydroxylation is 1. The van der Waals surface area contributed by atoms with Crippen molar-refractivity contribution in [2.75, 3.05) is 13.1 Å². The fourth-order valence-electron chi connectivity index (χ4n) is 2.40. The van der Waals surface area contributed by atoms with Crippen LogP contribution in [0.25, 0.3) is 0 Å². The Bertz CT molecular complexity index is 464. The normalized spacial score (nSPS) is 24.1. The van der Waals surface area contributed by atoms with Crippen LogP contribution >= 0.6 is 11.6 Å². The quantitative estimate of drug-likeness (QED) is 0.822. The lowest BCUT2D eigenvalue weighted by molar-refractivity contribution is 0.126. The molecule has 5 heteroatoms. The fraction of sp³-hybridized carbons (Fsp3) is 0.462. The molecular weight excluding hydrogens is 252 g/mol. The summed E-state index contributed by atoms with van der Waals surface area (Å²) in [6, 6.07) is 5.78. The van der Waals surface area contributed by atoms with E-state index >= 15 is 0 Å². The number of hydrogen-bond acceptors (Lipinski definition) is 2. The molecule has 0 aliphatic carbocycles. The number of piperidine rings is 1. The summed E-state index contributed by atoms with van der Waals surface area (Å²) >= 11 is 6.00. The SMILES string of the molecule is Cc1cc([C@@H]2CN(C(=O)O)CC[C@H]2N)ccc1Cl. The molecule has 1 amide bonds. The second kappa shape index (κ2) is 5.16. The Balaban J connectivity index is 2.24. The van der Waals surface area contributed by atoms with Crippen molar-refractivity contribution in [3.8, 4) is 0 Å². The summed E-state index contributed by atoms with van der Waals surface area (Å²) in [5.74, 6) is 0.0471. The molecule has 1 aliphatic heterocycles. The largest absolute Gasteiger partial charge is 0.465 e. The molecule has 3 N–H and O–H groups in total. The second-order valence-corrected chi connectivity index (χ2v) is 5.20. The van der Waals surface area contributed by atoms with Gasteiger partial charge in [0, 0.05) is 30.1 Å². The minimum Gasteiger partial charge on any atom is -0.465 e. The highest BCUT2D eigenvalue weighted by molar-refractivity contribution is 6.31. The van der Waals surface area contributed by atoms with E-state index in [0.29, 0.717) is 19.5 Å². The average Bonchev–Trinajstić information content (AvgIpc) is 2.33. The van der Waals surface area contributed by atoms with Gasteiger partial charge in [-0.05, 0) is 30.5 Å². The summed E-state index contributed by atoms with van der Waals surface area (Å²) in [5, 5.41) is 9.77. The van der Waals surface area contributed by atoms with Crippen molar-refractivity contribution < 1.29 is 9.90 Å². The highest BCUT2D eigenvalue weighted by atomic mass is 35.5. The number of nitrogens with zero attached hydrogens (tertiary/aromatic N) is 1. The third-order valence-corrected chi connectivity index (χ3v) is 3.97. The lowest BCUT2D eigenvalue weighted by Gasteiger charge is -2.35. The van der Waals surface area contributed by atoms with Crippen LogP contribution < -0.4 is 5.73 Å². The summed E-state index contributed by atoms with van der Waals surface area (Å²) in [5.41, 5.74) is 8.17. The first-order valence-corrected chi connectivity index (χ1v) is 6.36. The smallest absolute Gasteiger partial charge is 0.407 e. The third kappa shape index (κ3) is 2.60. The van der Waals surface area contributed by atoms with Crippen LogP contribution in [0.4, 0.5) is 4.79 Å². The maximum Gasteiger partial charge on any atom is 0.407 e. The number of hydrogen-bond donors (Lipinski definition) is 2. The first-order valence-electron chi connectivity index (χ1n) is 5.98. The van der Waals surface area contributed by atoms with Gasteiger partial charge in [-0.1, -0.05) is 23.7 Å². The van der Waals surface area contributed by atoms with Crippen LogP contribution in [0.2, 0.25) is 5.02 Å². The first-order chi connectivity index (χ1) is 8.49. The number of carboxylic acid groups (broad SMARTS) is 1. The van der Waals surface area contributed by atoms with Gasteiger partial charge in [-0.2, -0.15) is 0 Å². The van der Waals surface area contributed by atoms with Crippen LogP contribution in [0.15, 0.2) is 18.2 Å². The summed E-state index contributed by atoms with van der Waals surface area (Å²) < 4.78 is 0. The predicted octanol–water partition coefficient (Wildman–Crippen LogP) is 2.44. The van der Waals surface area contributed by atoms with Gasteiger partial charge in [0.15, 0.2) is 0 Å². The van der Waals surface area contributed by atoms with Gasteiger partial charge in [0.1, 0.15) is 0 Å². The van der Waals surface area contributed by atoms with Gasteiger partial charge in [-0.15, -0.1) is 0 Å². The van der Waals surface area contributed by atoms with E-state index in [1.54, 1.807) is 0 Å². The topological polar surface area (TPSA) is 66.6 Å². The number of nitrogens with two attached hydrogens (primary N) is 1. The van der Waals surface area contributed by atoms with E-state index in [-0.39, 0.29) is 12.0 Å². The number of amides is 1. The van der Waals surface area contributed by atoms with Gasteiger partial charge in [-0.25, -0.2) is 4.79 Å². The van der Waals surface area contributed by atoms with E-state index in [2.05, 4.69) is 0 Å². The first kappa shape index (κ1) is 13.2. The highest BCUT2D eigenvalue weighted by Crippen LogP contribution is 2.28. The second-order valence-electron chi connectivity index (χ2n) is 4.80. The van der Waals surface area contributed by atoms with Crippen molar-refractivity contribution in [3.05, 3.63) is 34.3 Å². The Hall–Kier alpha value is -1.26. The molecule has 1 aliphatic rings. The summed E-state index contributed by atoms with van der Waals surface area (Å²) in [6.07, 6.45) is -0.184.